The SMILES string of the molecule is CC/C=C\C/C=C\C/C=C\CCCCCCCCCCCC(=O)OC(CCC)CCCCCCCCCCCCCCCCCC(=O)O. The van der Waals surface area contributed by atoms with Crippen LogP contribution in [0.4, 0.5) is 0 Å². The Morgan fingerprint density at radius 3 is 1.33 bits per heavy atom. The first-order valence-electron chi connectivity index (χ1n) is 21.0. The van der Waals surface area contributed by atoms with Gasteiger partial charge in [-0.15, -0.1) is 0 Å². The Labute approximate surface area is 299 Å². The molecule has 0 bridgehead atoms. The number of carboxylic acids is 1. The first-order chi connectivity index (χ1) is 23.6. The molecule has 1 unspecified atom stereocenters. The zero-order chi connectivity index (χ0) is 35.0. The van der Waals surface area contributed by atoms with Crippen molar-refractivity contribution in [2.75, 3.05) is 0 Å². The van der Waals surface area contributed by atoms with Gasteiger partial charge in [0, 0.05) is 12.8 Å². The molecule has 0 aromatic heterocycles. The highest BCUT2D eigenvalue weighted by Gasteiger charge is 2.13. The minimum atomic E-state index is -0.665. The summed E-state index contributed by atoms with van der Waals surface area (Å²) in [6.07, 6.45) is 52.4. The van der Waals surface area contributed by atoms with E-state index in [4.69, 9.17) is 9.84 Å². The van der Waals surface area contributed by atoms with Gasteiger partial charge in [0.25, 0.3) is 0 Å². The number of rotatable bonds is 38. The lowest BCUT2D eigenvalue weighted by atomic mass is 10.0. The number of unbranched alkanes of at least 4 members (excludes halogenated alkanes) is 23. The van der Waals surface area contributed by atoms with E-state index in [0.29, 0.717) is 12.8 Å². The summed E-state index contributed by atoms with van der Waals surface area (Å²) in [5.41, 5.74) is 0. The predicted octanol–water partition coefficient (Wildman–Crippen LogP) is 14.6. The summed E-state index contributed by atoms with van der Waals surface area (Å²) in [5.74, 6) is -0.639. The molecule has 0 aliphatic carbocycles. The largest absolute Gasteiger partial charge is 0.481 e. The molecule has 48 heavy (non-hydrogen) atoms. The normalized spacial score (nSPS) is 12.5. The zero-order valence-electron chi connectivity index (χ0n) is 32.0. The number of allylic oxidation sites excluding steroid dienone is 6. The van der Waals surface area contributed by atoms with Gasteiger partial charge < -0.3 is 9.84 Å². The molecule has 0 radical (unpaired) electrons. The number of carbonyl (C=O) groups is 2. The molecule has 0 fully saturated rings. The van der Waals surface area contributed by atoms with Crippen molar-refractivity contribution in [3.8, 4) is 0 Å². The summed E-state index contributed by atoms with van der Waals surface area (Å²) >= 11 is 0. The summed E-state index contributed by atoms with van der Waals surface area (Å²) in [6, 6.07) is 0. The Bertz CT molecular complexity index is 768. The van der Waals surface area contributed by atoms with Gasteiger partial charge in [0.05, 0.1) is 0 Å². The van der Waals surface area contributed by atoms with Gasteiger partial charge in [-0.3, -0.25) is 9.59 Å². The van der Waals surface area contributed by atoms with Crippen LogP contribution in [0.5, 0.6) is 0 Å². The van der Waals surface area contributed by atoms with Crippen LogP contribution >= 0.6 is 0 Å². The summed E-state index contributed by atoms with van der Waals surface area (Å²) in [7, 11) is 0. The summed E-state index contributed by atoms with van der Waals surface area (Å²) in [5, 5.41) is 8.66. The lowest BCUT2D eigenvalue weighted by molar-refractivity contribution is -0.150. The van der Waals surface area contributed by atoms with Crippen molar-refractivity contribution in [1.82, 2.24) is 0 Å². The van der Waals surface area contributed by atoms with Gasteiger partial charge in [0.2, 0.25) is 0 Å². The van der Waals surface area contributed by atoms with Crippen LogP contribution in [-0.2, 0) is 14.3 Å². The van der Waals surface area contributed by atoms with E-state index in [0.717, 1.165) is 64.2 Å². The monoisotopic (exact) mass is 673 g/mol. The van der Waals surface area contributed by atoms with Crippen molar-refractivity contribution >= 4 is 11.9 Å². The van der Waals surface area contributed by atoms with E-state index in [1.54, 1.807) is 0 Å². The van der Waals surface area contributed by atoms with Crippen LogP contribution in [0.25, 0.3) is 0 Å². The van der Waals surface area contributed by atoms with Gasteiger partial charge in [0.15, 0.2) is 0 Å². The molecule has 0 aromatic carbocycles. The fraction of sp³-hybridized carbons (Fsp3) is 0.818. The summed E-state index contributed by atoms with van der Waals surface area (Å²) < 4.78 is 5.89. The number of carboxylic acid groups (broad SMARTS) is 1. The van der Waals surface area contributed by atoms with E-state index >= 15 is 0 Å². The molecule has 0 saturated heterocycles. The molecule has 0 aliphatic heterocycles. The maximum atomic E-state index is 12.5. The molecular formula is C44H80O4. The molecule has 0 aliphatic rings. The van der Waals surface area contributed by atoms with Gasteiger partial charge in [-0.2, -0.15) is 0 Å². The Hall–Kier alpha value is -1.84. The molecule has 0 rings (SSSR count). The van der Waals surface area contributed by atoms with E-state index < -0.39 is 5.97 Å². The van der Waals surface area contributed by atoms with Crippen LogP contribution in [0.3, 0.4) is 0 Å². The Balaban J connectivity index is 3.52. The average Bonchev–Trinajstić information content (AvgIpc) is 3.07. The second-order valence-electron chi connectivity index (χ2n) is 14.2. The van der Waals surface area contributed by atoms with Crippen LogP contribution in [-0.4, -0.2) is 23.1 Å². The third-order valence-electron chi connectivity index (χ3n) is 9.36. The molecule has 1 N–H and O–H groups in total. The van der Waals surface area contributed by atoms with Crippen molar-refractivity contribution in [2.45, 2.75) is 232 Å². The third-order valence-corrected chi connectivity index (χ3v) is 9.36. The lowest BCUT2D eigenvalue weighted by Crippen LogP contribution is -2.18. The molecule has 1 atom stereocenters. The van der Waals surface area contributed by atoms with Crippen LogP contribution < -0.4 is 0 Å². The quantitative estimate of drug-likeness (QED) is 0.0403. The number of carbonyl (C=O) groups excluding carboxylic acids is 1. The molecule has 0 amide bonds. The standard InChI is InChI=1S/C44H80O4/c1-3-5-6-7-8-9-10-11-12-13-14-15-19-22-25-28-31-34-37-41-44(47)48-42(38-4-2)39-35-32-29-26-23-20-17-16-18-21-24-27-30-33-36-40-43(45)46/h5-6,8-9,11-12,42H,3-4,7,10,13-41H2,1-2H3,(H,45,46)/b6-5-,9-8-,12-11-. The first-order valence-corrected chi connectivity index (χ1v) is 21.0. The van der Waals surface area contributed by atoms with Gasteiger partial charge in [-0.05, 0) is 64.2 Å². The number of hydrogen-bond donors (Lipinski definition) is 1. The lowest BCUT2D eigenvalue weighted by Gasteiger charge is -2.17. The average molecular weight is 673 g/mol. The first kappa shape index (κ1) is 46.2. The zero-order valence-corrected chi connectivity index (χ0v) is 32.0. The number of ether oxygens (including phenoxy) is 1. The fourth-order valence-electron chi connectivity index (χ4n) is 6.37. The highest BCUT2D eigenvalue weighted by atomic mass is 16.5. The second kappa shape index (κ2) is 39.6. The smallest absolute Gasteiger partial charge is 0.306 e. The van der Waals surface area contributed by atoms with Crippen LogP contribution in [0.15, 0.2) is 36.5 Å². The minimum absolute atomic E-state index is 0.0263. The number of hydrogen-bond acceptors (Lipinski definition) is 3. The van der Waals surface area contributed by atoms with Crippen LogP contribution in [0.1, 0.15) is 226 Å². The molecule has 0 aromatic rings. The van der Waals surface area contributed by atoms with Crippen molar-refractivity contribution in [3.05, 3.63) is 36.5 Å². The molecule has 280 valence electrons. The van der Waals surface area contributed by atoms with Gasteiger partial charge in [0.1, 0.15) is 6.10 Å². The van der Waals surface area contributed by atoms with Crippen LogP contribution in [0, 0.1) is 0 Å². The molecule has 0 spiro atoms. The number of esters is 1. The van der Waals surface area contributed by atoms with Crippen molar-refractivity contribution < 1.29 is 19.4 Å². The van der Waals surface area contributed by atoms with Gasteiger partial charge in [-0.1, -0.05) is 185 Å². The van der Waals surface area contributed by atoms with E-state index in [1.807, 2.05) is 0 Å². The van der Waals surface area contributed by atoms with Crippen molar-refractivity contribution in [2.24, 2.45) is 0 Å². The van der Waals surface area contributed by atoms with Crippen molar-refractivity contribution in [3.63, 3.8) is 0 Å². The maximum absolute atomic E-state index is 12.5. The maximum Gasteiger partial charge on any atom is 0.306 e. The van der Waals surface area contributed by atoms with Crippen LogP contribution in [0.2, 0.25) is 0 Å². The van der Waals surface area contributed by atoms with E-state index in [1.165, 1.54) is 135 Å². The highest BCUT2D eigenvalue weighted by Crippen LogP contribution is 2.18. The van der Waals surface area contributed by atoms with Gasteiger partial charge in [-0.25, -0.2) is 0 Å². The van der Waals surface area contributed by atoms with E-state index in [-0.39, 0.29) is 12.1 Å². The van der Waals surface area contributed by atoms with Gasteiger partial charge >= 0.3 is 11.9 Å². The topological polar surface area (TPSA) is 63.6 Å². The third kappa shape index (κ3) is 38.6. The minimum Gasteiger partial charge on any atom is -0.481 e. The van der Waals surface area contributed by atoms with Crippen molar-refractivity contribution in [1.29, 1.82) is 0 Å². The number of aliphatic carboxylic acids is 1. The Kier molecular flexibility index (Phi) is 38.1. The fourth-order valence-corrected chi connectivity index (χ4v) is 6.37. The summed E-state index contributed by atoms with van der Waals surface area (Å²) in [4.78, 5) is 23.0. The molecular weight excluding hydrogens is 592 g/mol. The molecule has 0 saturated carbocycles. The second-order valence-corrected chi connectivity index (χ2v) is 14.2. The predicted molar refractivity (Wildman–Crippen MR) is 209 cm³/mol. The molecule has 4 heteroatoms. The molecule has 4 nitrogen and oxygen atoms in total. The Morgan fingerprint density at radius 1 is 0.479 bits per heavy atom. The Morgan fingerprint density at radius 2 is 0.875 bits per heavy atom. The highest BCUT2D eigenvalue weighted by molar-refractivity contribution is 5.69. The van der Waals surface area contributed by atoms with E-state index in [9.17, 15) is 9.59 Å². The van der Waals surface area contributed by atoms with E-state index in [2.05, 4.69) is 50.3 Å². The summed E-state index contributed by atoms with van der Waals surface area (Å²) in [6.45, 7) is 4.36. The molecule has 0 heterocycles.